The van der Waals surface area contributed by atoms with E-state index in [-0.39, 0.29) is 35.4 Å². The SMILES string of the molecule is CN(C)S(=O)(=O)c1ccc(OCCOC(=O)c2ccc(NC3CC3)c([N+](=O)[O-])c2)cc1. The topological polar surface area (TPSA) is 128 Å². The summed E-state index contributed by atoms with van der Waals surface area (Å²) in [5, 5.41) is 14.4. The summed E-state index contributed by atoms with van der Waals surface area (Å²) in [7, 11) is -0.632. The van der Waals surface area contributed by atoms with Crippen molar-refractivity contribution in [2.24, 2.45) is 0 Å². The number of carbonyl (C=O) groups excluding carboxylic acids is 1. The van der Waals surface area contributed by atoms with Crippen molar-refractivity contribution in [2.75, 3.05) is 32.6 Å². The highest BCUT2D eigenvalue weighted by atomic mass is 32.2. The van der Waals surface area contributed by atoms with Gasteiger partial charge in [-0.25, -0.2) is 17.5 Å². The number of nitrogens with zero attached hydrogens (tertiary/aromatic N) is 2. The molecular formula is C20H23N3O7S. The van der Waals surface area contributed by atoms with E-state index in [1.807, 2.05) is 0 Å². The first kappa shape index (κ1) is 22.5. The van der Waals surface area contributed by atoms with Crippen molar-refractivity contribution in [1.29, 1.82) is 0 Å². The highest BCUT2D eigenvalue weighted by Crippen LogP contribution is 2.31. The van der Waals surface area contributed by atoms with Crippen molar-refractivity contribution < 1.29 is 27.6 Å². The van der Waals surface area contributed by atoms with Gasteiger partial charge in [-0.15, -0.1) is 0 Å². The van der Waals surface area contributed by atoms with E-state index in [2.05, 4.69) is 5.32 Å². The fourth-order valence-electron chi connectivity index (χ4n) is 2.68. The number of nitrogens with one attached hydrogen (secondary N) is 1. The Morgan fingerprint density at radius 1 is 1.16 bits per heavy atom. The summed E-state index contributed by atoms with van der Waals surface area (Å²) in [6.45, 7) is -0.0403. The van der Waals surface area contributed by atoms with Gasteiger partial charge in [-0.3, -0.25) is 10.1 Å². The van der Waals surface area contributed by atoms with E-state index in [0.29, 0.717) is 11.4 Å². The molecule has 0 radical (unpaired) electrons. The number of rotatable bonds is 10. The van der Waals surface area contributed by atoms with Gasteiger partial charge in [-0.1, -0.05) is 0 Å². The fraction of sp³-hybridized carbons (Fsp3) is 0.350. The van der Waals surface area contributed by atoms with E-state index in [9.17, 15) is 23.3 Å². The second kappa shape index (κ2) is 9.31. The van der Waals surface area contributed by atoms with E-state index < -0.39 is 20.9 Å². The van der Waals surface area contributed by atoms with Crippen LogP contribution in [0, 0.1) is 10.1 Å². The molecule has 31 heavy (non-hydrogen) atoms. The van der Waals surface area contributed by atoms with Crippen LogP contribution in [0.5, 0.6) is 5.75 Å². The average Bonchev–Trinajstić information content (AvgIpc) is 3.55. The average molecular weight is 449 g/mol. The summed E-state index contributed by atoms with van der Waals surface area (Å²) < 4.78 is 35.8. The van der Waals surface area contributed by atoms with Crippen molar-refractivity contribution in [1.82, 2.24) is 4.31 Å². The normalized spacial score (nSPS) is 13.6. The van der Waals surface area contributed by atoms with Gasteiger partial charge in [0.15, 0.2) is 0 Å². The third-order valence-electron chi connectivity index (χ3n) is 4.55. The van der Waals surface area contributed by atoms with Crippen LogP contribution in [-0.4, -0.2) is 57.0 Å². The lowest BCUT2D eigenvalue weighted by Crippen LogP contribution is -2.22. The van der Waals surface area contributed by atoms with Crippen LogP contribution in [0.25, 0.3) is 0 Å². The van der Waals surface area contributed by atoms with Gasteiger partial charge < -0.3 is 14.8 Å². The van der Waals surface area contributed by atoms with Gasteiger partial charge in [0.25, 0.3) is 5.69 Å². The van der Waals surface area contributed by atoms with Gasteiger partial charge in [0.1, 0.15) is 24.7 Å². The van der Waals surface area contributed by atoms with Crippen molar-refractivity contribution in [3.8, 4) is 5.75 Å². The van der Waals surface area contributed by atoms with Gasteiger partial charge in [0, 0.05) is 26.2 Å². The minimum Gasteiger partial charge on any atom is -0.490 e. The van der Waals surface area contributed by atoms with Gasteiger partial charge in [-0.05, 0) is 49.2 Å². The Morgan fingerprint density at radius 3 is 2.42 bits per heavy atom. The number of nitro benzene ring substituents is 1. The maximum Gasteiger partial charge on any atom is 0.338 e. The molecule has 2 aromatic rings. The first-order chi connectivity index (χ1) is 14.7. The molecule has 1 fully saturated rings. The molecule has 0 bridgehead atoms. The number of hydrogen-bond donors (Lipinski definition) is 1. The lowest BCUT2D eigenvalue weighted by molar-refractivity contribution is -0.384. The Balaban J connectivity index is 1.52. The molecule has 0 spiro atoms. The Bertz CT molecular complexity index is 1060. The summed E-state index contributed by atoms with van der Waals surface area (Å²) in [6.07, 6.45) is 1.93. The van der Waals surface area contributed by atoms with E-state index in [0.717, 1.165) is 17.1 Å². The van der Waals surface area contributed by atoms with Crippen LogP contribution in [-0.2, 0) is 14.8 Å². The zero-order chi connectivity index (χ0) is 22.6. The monoisotopic (exact) mass is 449 g/mol. The van der Waals surface area contributed by atoms with Gasteiger partial charge >= 0.3 is 5.97 Å². The second-order valence-electron chi connectivity index (χ2n) is 7.15. The standard InChI is InChI=1S/C20H23N3O7S/c1-22(2)31(27,28)17-8-6-16(7-9-17)29-11-12-30-20(24)14-3-10-18(21-15-4-5-15)19(13-14)23(25)26/h3,6-10,13,15,21H,4-5,11-12H2,1-2H3. The first-order valence-corrected chi connectivity index (χ1v) is 11.0. The van der Waals surface area contributed by atoms with Crippen LogP contribution >= 0.6 is 0 Å². The second-order valence-corrected chi connectivity index (χ2v) is 9.30. The minimum atomic E-state index is -3.52. The number of sulfonamides is 1. The van der Waals surface area contributed by atoms with Crippen LogP contribution in [0.3, 0.4) is 0 Å². The Kier molecular flexibility index (Phi) is 6.76. The predicted octanol–water partition coefficient (Wildman–Crippen LogP) is 2.66. The van der Waals surface area contributed by atoms with E-state index in [1.165, 1.54) is 56.6 Å². The summed E-state index contributed by atoms with van der Waals surface area (Å²) >= 11 is 0. The summed E-state index contributed by atoms with van der Waals surface area (Å²) in [4.78, 5) is 23.1. The zero-order valence-corrected chi connectivity index (χ0v) is 17.9. The highest BCUT2D eigenvalue weighted by molar-refractivity contribution is 7.89. The van der Waals surface area contributed by atoms with Crippen LogP contribution < -0.4 is 10.1 Å². The van der Waals surface area contributed by atoms with Crippen LogP contribution in [0.2, 0.25) is 0 Å². The summed E-state index contributed by atoms with van der Waals surface area (Å²) in [6, 6.07) is 10.3. The Labute approximate surface area is 180 Å². The molecule has 1 N–H and O–H groups in total. The number of carbonyl (C=O) groups is 1. The van der Waals surface area contributed by atoms with E-state index in [4.69, 9.17) is 9.47 Å². The number of ether oxygens (including phenoxy) is 2. The maximum absolute atomic E-state index is 12.2. The van der Waals surface area contributed by atoms with Crippen LogP contribution in [0.15, 0.2) is 47.4 Å². The van der Waals surface area contributed by atoms with E-state index >= 15 is 0 Å². The molecule has 0 unspecified atom stereocenters. The first-order valence-electron chi connectivity index (χ1n) is 9.56. The van der Waals surface area contributed by atoms with Crippen molar-refractivity contribution in [3.05, 3.63) is 58.1 Å². The smallest absolute Gasteiger partial charge is 0.338 e. The Morgan fingerprint density at radius 2 is 1.84 bits per heavy atom. The molecule has 0 heterocycles. The number of anilines is 1. The molecule has 1 aliphatic rings. The number of nitro groups is 1. The molecule has 166 valence electrons. The Hall–Kier alpha value is -3.18. The minimum absolute atomic E-state index is 0.0366. The molecule has 0 atom stereocenters. The van der Waals surface area contributed by atoms with Gasteiger partial charge in [0.2, 0.25) is 10.0 Å². The molecule has 1 saturated carbocycles. The highest BCUT2D eigenvalue weighted by Gasteiger charge is 2.25. The molecule has 1 aliphatic carbocycles. The van der Waals surface area contributed by atoms with Crippen LogP contribution in [0.4, 0.5) is 11.4 Å². The number of esters is 1. The third-order valence-corrected chi connectivity index (χ3v) is 6.38. The molecule has 0 aromatic heterocycles. The molecule has 10 nitrogen and oxygen atoms in total. The van der Waals surface area contributed by atoms with E-state index in [1.54, 1.807) is 0 Å². The molecule has 11 heteroatoms. The number of benzene rings is 2. The van der Waals surface area contributed by atoms with Gasteiger partial charge in [-0.2, -0.15) is 0 Å². The molecule has 0 saturated heterocycles. The maximum atomic E-state index is 12.2. The molecule has 0 amide bonds. The zero-order valence-electron chi connectivity index (χ0n) is 17.1. The lowest BCUT2D eigenvalue weighted by Gasteiger charge is -2.12. The predicted molar refractivity (Wildman–Crippen MR) is 113 cm³/mol. The largest absolute Gasteiger partial charge is 0.490 e. The fourth-order valence-corrected chi connectivity index (χ4v) is 3.58. The number of hydrogen-bond acceptors (Lipinski definition) is 8. The van der Waals surface area contributed by atoms with Crippen molar-refractivity contribution in [2.45, 2.75) is 23.8 Å². The third kappa shape index (κ3) is 5.70. The molecule has 0 aliphatic heterocycles. The summed E-state index contributed by atoms with van der Waals surface area (Å²) in [5.74, 6) is -0.281. The molecular weight excluding hydrogens is 426 g/mol. The van der Waals surface area contributed by atoms with Crippen molar-refractivity contribution >= 4 is 27.4 Å². The molecule has 2 aromatic carbocycles. The molecule has 3 rings (SSSR count). The van der Waals surface area contributed by atoms with Gasteiger partial charge in [0.05, 0.1) is 15.4 Å². The van der Waals surface area contributed by atoms with Crippen LogP contribution in [0.1, 0.15) is 23.2 Å². The quantitative estimate of drug-likeness (QED) is 0.254. The summed E-state index contributed by atoms with van der Waals surface area (Å²) in [5.41, 5.74) is 0.281. The lowest BCUT2D eigenvalue weighted by atomic mass is 10.1. The van der Waals surface area contributed by atoms with Crippen molar-refractivity contribution in [3.63, 3.8) is 0 Å².